The van der Waals surface area contributed by atoms with Crippen molar-refractivity contribution in [3.63, 3.8) is 0 Å². The summed E-state index contributed by atoms with van der Waals surface area (Å²) in [7, 11) is 0. The fourth-order valence-electron chi connectivity index (χ4n) is 8.06. The Balaban J connectivity index is 0.00000268. The van der Waals surface area contributed by atoms with Crippen LogP contribution in [0.3, 0.4) is 0 Å². The number of aromatic nitrogens is 2. The fourth-order valence-corrected chi connectivity index (χ4v) is 8.06. The van der Waals surface area contributed by atoms with Crippen LogP contribution >= 0.6 is 0 Å². The number of hydrogen-bond acceptors (Lipinski definition) is 1. The minimum Gasteiger partial charge on any atom is -0.455 e. The SMILES string of the molecule is C=C/C=C\C=C/n1c2ccccc2c2cc(-c3ccc4c(c3)c3c5oc(C=C)c(C=C)c5ccc3n4-c3ccc([N+](=C\C=C/C=C\C)/C(=C/C=C)CC)cc3)ccc21.CC. The summed E-state index contributed by atoms with van der Waals surface area (Å²) in [6.45, 7) is 24.1. The minimum atomic E-state index is 0.717. The van der Waals surface area contributed by atoms with Crippen LogP contribution < -0.4 is 0 Å². The highest BCUT2D eigenvalue weighted by Crippen LogP contribution is 2.42. The Kier molecular flexibility index (Phi) is 12.5. The Bertz CT molecular complexity index is 3110. The van der Waals surface area contributed by atoms with Crippen LogP contribution in [0.25, 0.3) is 89.7 Å². The first-order chi connectivity index (χ1) is 29.5. The number of furan rings is 1. The number of para-hydroxylation sites is 1. The number of fused-ring (bicyclic) bond motifs is 8. The monoisotopic (exact) mass is 782 g/mol. The molecule has 8 rings (SSSR count). The molecule has 4 nitrogen and oxygen atoms in total. The lowest BCUT2D eigenvalue weighted by Crippen LogP contribution is -2.06. The van der Waals surface area contributed by atoms with Gasteiger partial charge in [-0.2, -0.15) is 4.58 Å². The van der Waals surface area contributed by atoms with Gasteiger partial charge in [-0.3, -0.25) is 0 Å². The Labute approximate surface area is 353 Å². The van der Waals surface area contributed by atoms with Crippen molar-refractivity contribution in [1.29, 1.82) is 0 Å². The van der Waals surface area contributed by atoms with Gasteiger partial charge in [0.15, 0.2) is 11.9 Å². The zero-order valence-corrected chi connectivity index (χ0v) is 35.1. The largest absolute Gasteiger partial charge is 0.455 e. The van der Waals surface area contributed by atoms with Gasteiger partial charge in [-0.25, -0.2) is 0 Å². The van der Waals surface area contributed by atoms with Gasteiger partial charge < -0.3 is 13.6 Å². The van der Waals surface area contributed by atoms with Crippen LogP contribution in [-0.4, -0.2) is 19.9 Å². The molecule has 0 radical (unpaired) electrons. The third kappa shape index (κ3) is 7.40. The smallest absolute Gasteiger partial charge is 0.211 e. The molecule has 0 amide bonds. The number of hydrogen-bond donors (Lipinski definition) is 0. The first-order valence-corrected chi connectivity index (χ1v) is 20.7. The summed E-state index contributed by atoms with van der Waals surface area (Å²) in [5.74, 6) is 0.717. The molecule has 0 bridgehead atoms. The van der Waals surface area contributed by atoms with E-state index in [9.17, 15) is 0 Å². The van der Waals surface area contributed by atoms with Crippen LogP contribution in [0.1, 0.15) is 45.4 Å². The second kappa shape index (κ2) is 18.4. The van der Waals surface area contributed by atoms with Crippen LogP contribution in [0, 0.1) is 0 Å². The lowest BCUT2D eigenvalue weighted by atomic mass is 10.00. The van der Waals surface area contributed by atoms with Gasteiger partial charge in [0.2, 0.25) is 5.69 Å². The molecule has 3 heterocycles. The molecule has 4 heteroatoms. The van der Waals surface area contributed by atoms with Crippen LogP contribution in [0.5, 0.6) is 0 Å². The van der Waals surface area contributed by atoms with Gasteiger partial charge in [0.25, 0.3) is 0 Å². The van der Waals surface area contributed by atoms with Crippen LogP contribution in [0.4, 0.5) is 5.69 Å². The summed E-state index contributed by atoms with van der Waals surface area (Å²) < 4.78 is 13.4. The maximum absolute atomic E-state index is 6.62. The molecule has 60 heavy (non-hydrogen) atoms. The predicted octanol–water partition coefficient (Wildman–Crippen LogP) is 16.2. The zero-order chi connectivity index (χ0) is 42.2. The van der Waals surface area contributed by atoms with E-state index >= 15 is 0 Å². The molecule has 0 saturated carbocycles. The Morgan fingerprint density at radius 3 is 2.05 bits per heavy atom. The number of allylic oxidation sites excluding steroid dienone is 11. The van der Waals surface area contributed by atoms with Gasteiger partial charge in [0, 0.05) is 69.7 Å². The molecule has 0 aliphatic rings. The average Bonchev–Trinajstić information content (AvgIpc) is 3.94. The zero-order valence-electron chi connectivity index (χ0n) is 35.1. The van der Waals surface area contributed by atoms with E-state index in [2.05, 4.69) is 169 Å². The van der Waals surface area contributed by atoms with Gasteiger partial charge >= 0.3 is 0 Å². The van der Waals surface area contributed by atoms with Crippen molar-refractivity contribution < 1.29 is 8.99 Å². The van der Waals surface area contributed by atoms with Crippen LogP contribution in [0.15, 0.2) is 194 Å². The van der Waals surface area contributed by atoms with Gasteiger partial charge in [0.05, 0.1) is 27.5 Å². The van der Waals surface area contributed by atoms with Crippen molar-refractivity contribution in [3.8, 4) is 16.8 Å². The second-order valence-corrected chi connectivity index (χ2v) is 14.0. The molecule has 3 aromatic heterocycles. The third-order valence-corrected chi connectivity index (χ3v) is 10.7. The van der Waals surface area contributed by atoms with Gasteiger partial charge in [-0.05, 0) is 84.8 Å². The molecule has 0 aliphatic heterocycles. The van der Waals surface area contributed by atoms with E-state index in [1.165, 1.54) is 10.8 Å². The highest BCUT2D eigenvalue weighted by molar-refractivity contribution is 6.21. The van der Waals surface area contributed by atoms with Gasteiger partial charge in [0.1, 0.15) is 11.3 Å². The standard InChI is InChI=1S/C54H46N3O.C2H6/c1-7-13-15-19-34-55(40(10-4)21-9-3)41-26-28-42(29-27-41)57-50-32-25-39(37-47(50)53-51(57)33-30-45-43(11-5)52(12-6)58-54(45)53)38-24-31-49-46(36-38)44-22-17-18-23-48(44)56(49)35-20-16-14-8-2;1-2/h7-9,11-37H,2-3,5-6,10H2,1,4H3;1-2H3/q+1;/b13-7-,16-14-,19-15-,35-20-,40-21+,55-34-;. The van der Waals surface area contributed by atoms with E-state index in [0.29, 0.717) is 5.76 Å². The van der Waals surface area contributed by atoms with Crippen molar-refractivity contribution >= 4 is 84.8 Å². The summed E-state index contributed by atoms with van der Waals surface area (Å²) in [4.78, 5) is 0. The molecule has 0 spiro atoms. The Hall–Kier alpha value is -7.43. The maximum Gasteiger partial charge on any atom is 0.211 e. The molecule has 0 unspecified atom stereocenters. The summed E-state index contributed by atoms with van der Waals surface area (Å²) >= 11 is 0. The topological polar surface area (TPSA) is 26.0 Å². The molecule has 0 aliphatic carbocycles. The third-order valence-electron chi connectivity index (χ3n) is 10.7. The average molecular weight is 783 g/mol. The number of nitrogens with zero attached hydrogens (tertiary/aromatic N) is 3. The van der Waals surface area contributed by atoms with Crippen molar-refractivity contribution in [3.05, 3.63) is 201 Å². The lowest BCUT2D eigenvalue weighted by molar-refractivity contribution is -0.380. The predicted molar refractivity (Wildman–Crippen MR) is 264 cm³/mol. The van der Waals surface area contributed by atoms with E-state index in [4.69, 9.17) is 4.42 Å². The Morgan fingerprint density at radius 2 is 1.35 bits per heavy atom. The quantitative estimate of drug-likeness (QED) is 0.0650. The van der Waals surface area contributed by atoms with E-state index in [0.717, 1.165) is 84.0 Å². The van der Waals surface area contributed by atoms with E-state index in [1.54, 1.807) is 12.2 Å². The van der Waals surface area contributed by atoms with Crippen molar-refractivity contribution in [2.75, 3.05) is 0 Å². The molecular formula is C56H52N3O+. The van der Waals surface area contributed by atoms with E-state index in [-0.39, 0.29) is 0 Å². The summed E-state index contributed by atoms with van der Waals surface area (Å²) in [5, 5.41) is 5.58. The van der Waals surface area contributed by atoms with Crippen LogP contribution in [-0.2, 0) is 0 Å². The molecule has 0 saturated heterocycles. The van der Waals surface area contributed by atoms with Crippen LogP contribution in [0.2, 0.25) is 0 Å². The van der Waals surface area contributed by atoms with Crippen molar-refractivity contribution in [2.24, 2.45) is 0 Å². The molecule has 0 N–H and O–H groups in total. The number of rotatable bonds is 13. The summed E-state index contributed by atoms with van der Waals surface area (Å²) in [6.07, 6.45) is 28.5. The Morgan fingerprint density at radius 1 is 0.650 bits per heavy atom. The molecule has 8 aromatic rings. The first-order valence-electron chi connectivity index (χ1n) is 20.7. The van der Waals surface area contributed by atoms with Gasteiger partial charge in [-0.15, -0.1) is 0 Å². The van der Waals surface area contributed by atoms with E-state index in [1.807, 2.05) is 69.4 Å². The summed E-state index contributed by atoms with van der Waals surface area (Å²) in [6, 6.07) is 35.2. The normalized spacial score (nSPS) is 12.6. The van der Waals surface area contributed by atoms with Crippen molar-refractivity contribution in [2.45, 2.75) is 34.1 Å². The number of benzene rings is 5. The first kappa shape index (κ1) is 40.8. The minimum absolute atomic E-state index is 0.717. The highest BCUT2D eigenvalue weighted by Gasteiger charge is 2.22. The summed E-state index contributed by atoms with van der Waals surface area (Å²) in [5.41, 5.74) is 11.8. The lowest BCUT2D eigenvalue weighted by Gasteiger charge is -2.10. The fraction of sp³-hybridized carbons (Fsp3) is 0.0893. The van der Waals surface area contributed by atoms with Crippen molar-refractivity contribution in [1.82, 2.24) is 9.13 Å². The molecule has 5 aromatic carbocycles. The maximum atomic E-state index is 6.62. The van der Waals surface area contributed by atoms with Gasteiger partial charge in [-0.1, -0.05) is 126 Å². The van der Waals surface area contributed by atoms with E-state index < -0.39 is 0 Å². The molecular weight excluding hydrogens is 731 g/mol. The molecule has 0 atom stereocenters. The highest BCUT2D eigenvalue weighted by atomic mass is 16.3. The second-order valence-electron chi connectivity index (χ2n) is 14.0. The molecule has 296 valence electrons. The molecule has 0 fully saturated rings.